The minimum absolute atomic E-state index is 0.0257. The van der Waals surface area contributed by atoms with E-state index in [9.17, 15) is 4.79 Å². The molecule has 2 heterocycles. The van der Waals surface area contributed by atoms with Gasteiger partial charge in [0.05, 0.1) is 5.25 Å². The molecule has 1 atom stereocenters. The Morgan fingerprint density at radius 1 is 1.06 bits per heavy atom. The zero-order valence-corrected chi connectivity index (χ0v) is 18.9. The van der Waals surface area contributed by atoms with Gasteiger partial charge < -0.3 is 14.5 Å². The molecule has 0 spiro atoms. The number of nitrogens with one attached hydrogen (secondary N) is 1. The summed E-state index contributed by atoms with van der Waals surface area (Å²) in [5.41, 5.74) is 3.23. The molecule has 1 saturated carbocycles. The summed E-state index contributed by atoms with van der Waals surface area (Å²) in [5, 5.41) is 14.8. The predicted octanol–water partition coefficient (Wildman–Crippen LogP) is 5.42. The normalized spacial score (nSPS) is 14.9. The number of hydrogen-bond acceptors (Lipinski definition) is 4. The van der Waals surface area contributed by atoms with Crippen LogP contribution in [-0.4, -0.2) is 30.5 Å². The maximum Gasteiger partial charge on any atom is 0.237 e. The van der Waals surface area contributed by atoms with Gasteiger partial charge in [0.25, 0.3) is 0 Å². The van der Waals surface area contributed by atoms with Crippen molar-refractivity contribution in [3.8, 4) is 0 Å². The van der Waals surface area contributed by atoms with Crippen LogP contribution in [0, 0.1) is 0 Å². The second-order valence-electron chi connectivity index (χ2n) is 8.10. The Labute approximate surface area is 186 Å². The summed E-state index contributed by atoms with van der Waals surface area (Å²) < 4.78 is 4.46. The number of benzene rings is 2. The van der Waals surface area contributed by atoms with Crippen molar-refractivity contribution in [1.82, 2.24) is 19.3 Å². The highest BCUT2D eigenvalue weighted by Crippen LogP contribution is 2.40. The number of anilines is 1. The van der Waals surface area contributed by atoms with E-state index < -0.39 is 0 Å². The third kappa shape index (κ3) is 3.61. The van der Waals surface area contributed by atoms with Crippen LogP contribution in [0.1, 0.15) is 45.4 Å². The van der Waals surface area contributed by atoms with Crippen molar-refractivity contribution in [3.05, 3.63) is 48.3 Å². The summed E-state index contributed by atoms with van der Waals surface area (Å²) in [7, 11) is 0. The number of aryl methyl sites for hydroxylation is 1. The van der Waals surface area contributed by atoms with Gasteiger partial charge in [0.2, 0.25) is 5.91 Å². The van der Waals surface area contributed by atoms with Gasteiger partial charge in [-0.15, -0.1) is 10.2 Å². The van der Waals surface area contributed by atoms with Crippen LogP contribution in [0.2, 0.25) is 0 Å². The second-order valence-corrected chi connectivity index (χ2v) is 9.41. The quantitative estimate of drug-likeness (QED) is 0.395. The molecule has 6 nitrogen and oxygen atoms in total. The molecule has 2 aromatic carbocycles. The minimum atomic E-state index is -0.269. The van der Waals surface area contributed by atoms with Crippen LogP contribution < -0.4 is 5.32 Å². The monoisotopic (exact) mass is 433 g/mol. The van der Waals surface area contributed by atoms with Crippen molar-refractivity contribution < 1.29 is 4.79 Å². The van der Waals surface area contributed by atoms with Crippen LogP contribution in [-0.2, 0) is 17.9 Å². The van der Waals surface area contributed by atoms with Gasteiger partial charge in [-0.2, -0.15) is 0 Å². The molecule has 1 aliphatic carbocycles. The largest absolute Gasteiger partial charge is 0.341 e. The van der Waals surface area contributed by atoms with Crippen molar-refractivity contribution >= 4 is 45.2 Å². The molecule has 0 saturated heterocycles. The maximum absolute atomic E-state index is 12.9. The number of hydrogen-bond donors (Lipinski definition) is 1. The lowest BCUT2D eigenvalue weighted by molar-refractivity contribution is -0.115. The summed E-state index contributed by atoms with van der Waals surface area (Å²) in [6.07, 6.45) is 2.38. The lowest BCUT2D eigenvalue weighted by Gasteiger charge is -2.13. The Kier molecular flexibility index (Phi) is 5.22. The van der Waals surface area contributed by atoms with Crippen LogP contribution in [0.3, 0.4) is 0 Å². The van der Waals surface area contributed by atoms with E-state index in [1.165, 1.54) is 41.0 Å². The van der Waals surface area contributed by atoms with Crippen molar-refractivity contribution in [3.63, 3.8) is 0 Å². The first kappa shape index (κ1) is 20.1. The highest BCUT2D eigenvalue weighted by molar-refractivity contribution is 8.00. The molecule has 1 N–H and O–H groups in total. The number of para-hydroxylation sites is 1. The first-order chi connectivity index (χ1) is 15.1. The van der Waals surface area contributed by atoms with Gasteiger partial charge in [0, 0.05) is 46.5 Å². The summed E-state index contributed by atoms with van der Waals surface area (Å²) in [6, 6.07) is 14.6. The fourth-order valence-electron chi connectivity index (χ4n) is 4.26. The Bertz CT molecular complexity index is 1270. The van der Waals surface area contributed by atoms with E-state index in [0.717, 1.165) is 35.1 Å². The molecule has 0 aliphatic heterocycles. The molecule has 160 valence electrons. The molecule has 31 heavy (non-hydrogen) atoms. The van der Waals surface area contributed by atoms with Crippen molar-refractivity contribution in [2.45, 2.75) is 63.0 Å². The number of carbonyl (C=O) groups is 1. The average molecular weight is 434 g/mol. The summed E-state index contributed by atoms with van der Waals surface area (Å²) >= 11 is 1.48. The fraction of sp³-hybridized carbons (Fsp3) is 0.375. The Hall–Kier alpha value is -2.80. The van der Waals surface area contributed by atoms with Gasteiger partial charge in [0.1, 0.15) is 5.82 Å². The zero-order chi connectivity index (χ0) is 21.5. The van der Waals surface area contributed by atoms with E-state index >= 15 is 0 Å². The third-order valence-electron chi connectivity index (χ3n) is 6.01. The van der Waals surface area contributed by atoms with Crippen LogP contribution >= 0.6 is 11.8 Å². The Morgan fingerprint density at radius 3 is 2.55 bits per heavy atom. The van der Waals surface area contributed by atoms with Crippen LogP contribution in [0.25, 0.3) is 21.8 Å². The number of amides is 1. The molecule has 0 bridgehead atoms. The number of fused-ring (bicyclic) bond motifs is 3. The number of thioether (sulfide) groups is 1. The lowest BCUT2D eigenvalue weighted by Crippen LogP contribution is -2.23. The van der Waals surface area contributed by atoms with Gasteiger partial charge in [0.15, 0.2) is 5.16 Å². The van der Waals surface area contributed by atoms with E-state index in [0.29, 0.717) is 5.92 Å². The Balaban J connectivity index is 1.37. The summed E-state index contributed by atoms with van der Waals surface area (Å²) in [5.74, 6) is 1.58. The van der Waals surface area contributed by atoms with Crippen LogP contribution in [0.15, 0.2) is 47.6 Å². The average Bonchev–Trinajstić information content (AvgIpc) is 3.48. The molecule has 2 aromatic heterocycles. The van der Waals surface area contributed by atoms with Gasteiger partial charge in [-0.3, -0.25) is 4.79 Å². The van der Waals surface area contributed by atoms with E-state index in [1.807, 2.05) is 13.0 Å². The van der Waals surface area contributed by atoms with Crippen molar-refractivity contribution in [2.24, 2.45) is 0 Å². The van der Waals surface area contributed by atoms with Crippen molar-refractivity contribution in [1.29, 1.82) is 0 Å². The van der Waals surface area contributed by atoms with E-state index in [1.54, 1.807) is 0 Å². The predicted molar refractivity (Wildman–Crippen MR) is 127 cm³/mol. The maximum atomic E-state index is 12.9. The molecular weight excluding hydrogens is 406 g/mol. The van der Waals surface area contributed by atoms with E-state index in [-0.39, 0.29) is 11.2 Å². The summed E-state index contributed by atoms with van der Waals surface area (Å²) in [4.78, 5) is 12.9. The first-order valence-electron chi connectivity index (χ1n) is 11.0. The molecule has 4 aromatic rings. The number of rotatable bonds is 7. The molecule has 1 amide bonds. The first-order valence-corrected chi connectivity index (χ1v) is 11.9. The van der Waals surface area contributed by atoms with Crippen molar-refractivity contribution in [2.75, 3.05) is 5.32 Å². The van der Waals surface area contributed by atoms with Gasteiger partial charge in [-0.1, -0.05) is 30.0 Å². The number of aromatic nitrogens is 4. The summed E-state index contributed by atoms with van der Waals surface area (Å²) in [6.45, 7) is 7.92. The molecule has 1 fully saturated rings. The topological polar surface area (TPSA) is 64.7 Å². The molecular formula is C24H27N5OS. The molecule has 1 unspecified atom stereocenters. The molecule has 5 rings (SSSR count). The Morgan fingerprint density at radius 2 is 1.81 bits per heavy atom. The minimum Gasteiger partial charge on any atom is -0.341 e. The van der Waals surface area contributed by atoms with Crippen LogP contribution in [0.5, 0.6) is 0 Å². The second kappa shape index (κ2) is 8.04. The molecule has 7 heteroatoms. The highest BCUT2D eigenvalue weighted by Gasteiger charge is 2.30. The van der Waals surface area contributed by atoms with E-state index in [4.69, 9.17) is 0 Å². The molecule has 1 aliphatic rings. The highest BCUT2D eigenvalue weighted by atomic mass is 32.2. The lowest BCUT2D eigenvalue weighted by atomic mass is 10.1. The smallest absolute Gasteiger partial charge is 0.237 e. The fourth-order valence-corrected chi connectivity index (χ4v) is 5.18. The third-order valence-corrected chi connectivity index (χ3v) is 7.09. The van der Waals surface area contributed by atoms with Crippen LogP contribution in [0.4, 0.5) is 5.69 Å². The number of nitrogens with zero attached hydrogens (tertiary/aromatic N) is 4. The van der Waals surface area contributed by atoms with E-state index in [2.05, 4.69) is 74.9 Å². The van der Waals surface area contributed by atoms with Gasteiger partial charge in [-0.25, -0.2) is 0 Å². The molecule has 0 radical (unpaired) electrons. The van der Waals surface area contributed by atoms with Gasteiger partial charge in [-0.05, 0) is 57.9 Å². The van der Waals surface area contributed by atoms with Gasteiger partial charge >= 0.3 is 0 Å². The zero-order valence-electron chi connectivity index (χ0n) is 18.1. The SMILES string of the molecule is CCn1c(SC(C)C(=O)Nc2ccc3c(c2)c2ccccc2n3CC)nnc1C1CC1. The number of carbonyl (C=O) groups excluding carboxylic acids is 1. The standard InChI is InChI=1S/C24H27N5OS/c1-4-28-20-9-7-6-8-18(20)19-14-17(12-13-21(19)28)25-23(30)15(3)31-24-27-26-22(16-10-11-16)29(24)5-2/h6-9,12-16H,4-5,10-11H2,1-3H3,(H,25,30).